The molecule has 4 rings (SSSR count). The number of rotatable bonds is 5. The van der Waals surface area contributed by atoms with E-state index in [0.717, 1.165) is 0 Å². The number of imide groups is 1. The number of hydrogen-bond acceptors (Lipinski definition) is 9. The number of anilines is 2. The second-order valence-corrected chi connectivity index (χ2v) is 8.53. The summed E-state index contributed by atoms with van der Waals surface area (Å²) in [6.45, 7) is 0.814. The number of aromatic nitrogens is 3. The Morgan fingerprint density at radius 2 is 1.64 bits per heavy atom. The van der Waals surface area contributed by atoms with Crippen molar-refractivity contribution >= 4 is 23.7 Å². The van der Waals surface area contributed by atoms with Gasteiger partial charge < -0.3 is 19.7 Å². The van der Waals surface area contributed by atoms with E-state index in [2.05, 4.69) is 20.3 Å². The molecule has 2 saturated heterocycles. The number of nitrogens with one attached hydrogen (secondary N) is 1. The van der Waals surface area contributed by atoms with Gasteiger partial charge in [-0.05, 0) is 12.1 Å². The predicted octanol–water partition coefficient (Wildman–Crippen LogP) is 2.70. The number of hydrogen-bond donors (Lipinski definition) is 1. The van der Waals surface area contributed by atoms with Gasteiger partial charge >= 0.3 is 24.2 Å². The van der Waals surface area contributed by atoms with Gasteiger partial charge in [0.2, 0.25) is 11.9 Å². The molecule has 1 aromatic carbocycles. The lowest BCUT2D eigenvalue weighted by Crippen LogP contribution is -2.51. The molecule has 1 atom stereocenters. The van der Waals surface area contributed by atoms with Crippen molar-refractivity contribution < 1.29 is 49.8 Å². The minimum absolute atomic E-state index is 0.0228. The molecule has 2 fully saturated rings. The Labute approximate surface area is 216 Å². The van der Waals surface area contributed by atoms with Gasteiger partial charge in [-0.3, -0.25) is 9.59 Å². The number of carbonyl (C=O) groups excluding carboxylic acids is 2. The van der Waals surface area contributed by atoms with Crippen LogP contribution in [0.15, 0.2) is 24.3 Å². The molecule has 2 amide bonds. The average Bonchev–Trinajstić information content (AvgIpc) is 2.90. The van der Waals surface area contributed by atoms with Crippen LogP contribution in [0.4, 0.5) is 42.6 Å². The first kappa shape index (κ1) is 28.4. The number of carbonyl (C=O) groups is 2. The first-order valence-corrected chi connectivity index (χ1v) is 11.6. The summed E-state index contributed by atoms with van der Waals surface area (Å²) >= 11 is 0. The lowest BCUT2D eigenvalue weighted by atomic mass is 10.1. The highest BCUT2D eigenvalue weighted by Gasteiger charge is 2.54. The first-order chi connectivity index (χ1) is 18.3. The second-order valence-electron chi connectivity index (χ2n) is 8.53. The fourth-order valence-electron chi connectivity index (χ4n) is 3.91. The van der Waals surface area contributed by atoms with E-state index in [9.17, 15) is 40.3 Å². The Kier molecular flexibility index (Phi) is 8.20. The quantitative estimate of drug-likeness (QED) is 0.547. The molecular formula is C22H21F7N6O4. The zero-order valence-electron chi connectivity index (χ0n) is 19.9. The minimum atomic E-state index is -5.85. The van der Waals surface area contributed by atoms with Crippen molar-refractivity contribution in [2.45, 2.75) is 37.4 Å². The van der Waals surface area contributed by atoms with E-state index in [1.54, 1.807) is 6.07 Å². The standard InChI is InChI=1S/C22H21F7N6O4/c23-13-3-1-2-4-14(13)39-12-5-8-34(9-6-12)19-31-16(15-11-30-7-10-38-15)32-20(33-19)35(17(36)21(24,25)26)18(37)22(27,28)29/h1-4,12,15,30H,5-11H2. The summed E-state index contributed by atoms with van der Waals surface area (Å²) in [7, 11) is 0. The Balaban J connectivity index is 1.66. The molecular weight excluding hydrogens is 545 g/mol. The molecule has 0 radical (unpaired) electrons. The summed E-state index contributed by atoms with van der Waals surface area (Å²) in [4.78, 5) is 35.6. The Bertz CT molecular complexity index is 1170. The van der Waals surface area contributed by atoms with Crippen LogP contribution in [-0.2, 0) is 14.3 Å². The van der Waals surface area contributed by atoms with Gasteiger partial charge in [0.1, 0.15) is 12.2 Å². The molecule has 17 heteroatoms. The number of nitrogens with zero attached hydrogens (tertiary/aromatic N) is 5. The molecule has 212 valence electrons. The lowest BCUT2D eigenvalue weighted by Gasteiger charge is -2.33. The third-order valence-corrected chi connectivity index (χ3v) is 5.79. The van der Waals surface area contributed by atoms with Gasteiger partial charge in [0.05, 0.1) is 6.61 Å². The topological polar surface area (TPSA) is 110 Å². The number of alkyl halides is 6. The highest BCUT2D eigenvalue weighted by atomic mass is 19.4. The van der Waals surface area contributed by atoms with Gasteiger partial charge in [-0.25, -0.2) is 9.29 Å². The van der Waals surface area contributed by atoms with Gasteiger partial charge in [-0.2, -0.15) is 41.3 Å². The van der Waals surface area contributed by atoms with Crippen molar-refractivity contribution in [3.8, 4) is 5.75 Å². The maximum absolute atomic E-state index is 13.9. The molecule has 2 aromatic rings. The molecule has 1 N–H and O–H groups in total. The molecule has 10 nitrogen and oxygen atoms in total. The molecule has 3 heterocycles. The minimum Gasteiger partial charge on any atom is -0.487 e. The molecule has 2 aliphatic rings. The van der Waals surface area contributed by atoms with Crippen LogP contribution in [-0.4, -0.2) is 78.0 Å². The van der Waals surface area contributed by atoms with E-state index in [1.165, 1.54) is 23.1 Å². The van der Waals surface area contributed by atoms with Gasteiger partial charge in [0.15, 0.2) is 17.4 Å². The summed E-state index contributed by atoms with van der Waals surface area (Å²) in [6.07, 6.45) is -12.6. The van der Waals surface area contributed by atoms with E-state index < -0.39 is 53.0 Å². The Morgan fingerprint density at radius 1 is 1.00 bits per heavy atom. The molecule has 39 heavy (non-hydrogen) atoms. The molecule has 2 aliphatic heterocycles. The maximum atomic E-state index is 13.9. The molecule has 0 bridgehead atoms. The van der Waals surface area contributed by atoms with Crippen molar-refractivity contribution in [1.29, 1.82) is 0 Å². The molecule has 0 saturated carbocycles. The summed E-state index contributed by atoms with van der Waals surface area (Å²) in [5.74, 6) is -8.98. The van der Waals surface area contributed by atoms with E-state index in [-0.39, 0.29) is 56.6 Å². The monoisotopic (exact) mass is 566 g/mol. The highest BCUT2D eigenvalue weighted by molar-refractivity contribution is 6.17. The number of benzene rings is 1. The molecule has 1 unspecified atom stereocenters. The largest absolute Gasteiger partial charge is 0.487 e. The van der Waals surface area contributed by atoms with Gasteiger partial charge in [-0.1, -0.05) is 12.1 Å². The molecule has 1 aromatic heterocycles. The van der Waals surface area contributed by atoms with Crippen molar-refractivity contribution in [1.82, 2.24) is 20.3 Å². The third-order valence-electron chi connectivity index (χ3n) is 5.79. The van der Waals surface area contributed by atoms with Crippen LogP contribution in [0.1, 0.15) is 24.8 Å². The van der Waals surface area contributed by atoms with Crippen LogP contribution in [0.3, 0.4) is 0 Å². The zero-order valence-corrected chi connectivity index (χ0v) is 19.9. The number of halogens is 7. The average molecular weight is 566 g/mol. The van der Waals surface area contributed by atoms with Crippen molar-refractivity contribution in [3.63, 3.8) is 0 Å². The first-order valence-electron chi connectivity index (χ1n) is 11.6. The van der Waals surface area contributed by atoms with Crippen LogP contribution in [0.5, 0.6) is 5.75 Å². The van der Waals surface area contributed by atoms with E-state index in [4.69, 9.17) is 9.47 Å². The number of ether oxygens (including phenoxy) is 2. The summed E-state index contributed by atoms with van der Waals surface area (Å²) in [6, 6.07) is 5.73. The number of morpholine rings is 1. The van der Waals surface area contributed by atoms with Gasteiger partial charge in [0, 0.05) is 39.0 Å². The van der Waals surface area contributed by atoms with Crippen LogP contribution in [0.2, 0.25) is 0 Å². The van der Waals surface area contributed by atoms with E-state index in [1.807, 2.05) is 0 Å². The van der Waals surface area contributed by atoms with E-state index in [0.29, 0.717) is 6.54 Å². The summed E-state index contributed by atoms with van der Waals surface area (Å²) < 4.78 is 104. The predicted molar refractivity (Wildman–Crippen MR) is 118 cm³/mol. The summed E-state index contributed by atoms with van der Waals surface area (Å²) in [5, 5.41) is 2.91. The normalized spacial score (nSPS) is 19.1. The van der Waals surface area contributed by atoms with Crippen molar-refractivity contribution in [2.24, 2.45) is 0 Å². The van der Waals surface area contributed by atoms with Crippen LogP contribution in [0.25, 0.3) is 0 Å². The highest BCUT2D eigenvalue weighted by Crippen LogP contribution is 2.30. The maximum Gasteiger partial charge on any atom is 0.472 e. The Hall–Kier alpha value is -3.60. The van der Waals surface area contributed by atoms with Crippen LogP contribution in [0, 0.1) is 5.82 Å². The van der Waals surface area contributed by atoms with Gasteiger partial charge in [0.25, 0.3) is 0 Å². The van der Waals surface area contributed by atoms with Crippen LogP contribution < -0.4 is 19.9 Å². The fraction of sp³-hybridized carbons (Fsp3) is 0.500. The number of para-hydroxylation sites is 1. The number of piperidine rings is 1. The molecule has 0 spiro atoms. The lowest BCUT2D eigenvalue weighted by molar-refractivity contribution is -0.182. The van der Waals surface area contributed by atoms with Crippen molar-refractivity contribution in [3.05, 3.63) is 35.9 Å². The number of amides is 2. The second kappa shape index (κ2) is 11.3. The zero-order chi connectivity index (χ0) is 28.4. The van der Waals surface area contributed by atoms with Gasteiger partial charge in [-0.15, -0.1) is 0 Å². The Morgan fingerprint density at radius 3 is 2.21 bits per heavy atom. The molecule has 0 aliphatic carbocycles. The fourth-order valence-corrected chi connectivity index (χ4v) is 3.91. The SMILES string of the molecule is O=C(N(C(=O)C(F)(F)F)c1nc(C2CNCCO2)nc(N2CCC(Oc3ccccc3F)CC2)n1)C(F)(F)F. The summed E-state index contributed by atoms with van der Waals surface area (Å²) in [5.41, 5.74) is 0. The van der Waals surface area contributed by atoms with Crippen molar-refractivity contribution in [2.75, 3.05) is 42.6 Å². The van der Waals surface area contributed by atoms with Crippen LogP contribution >= 0.6 is 0 Å². The smallest absolute Gasteiger partial charge is 0.472 e. The third kappa shape index (κ3) is 6.70. The van der Waals surface area contributed by atoms with E-state index >= 15 is 0 Å².